The molecule has 0 unspecified atom stereocenters. The number of ether oxygens (including phenoxy) is 2. The predicted molar refractivity (Wildman–Crippen MR) is 115 cm³/mol. The van der Waals surface area contributed by atoms with Gasteiger partial charge in [-0.3, -0.25) is 0 Å². The third-order valence-electron chi connectivity index (χ3n) is 4.76. The number of carbonyl (C=O) groups is 2. The molecule has 7 heteroatoms. The topological polar surface area (TPSA) is 59.1 Å². The lowest BCUT2D eigenvalue weighted by Crippen LogP contribution is -2.50. The van der Waals surface area contributed by atoms with E-state index in [2.05, 4.69) is 34.4 Å². The SMILES string of the molecule is COC(=O)c1c(C)c(I)c(C)c(N2CCN(C(=O)OC(C)(C)C)CC2)c1C. The fourth-order valence-electron chi connectivity index (χ4n) is 3.50. The van der Waals surface area contributed by atoms with Gasteiger partial charge in [0.05, 0.1) is 12.7 Å². The van der Waals surface area contributed by atoms with Crippen LogP contribution >= 0.6 is 22.6 Å². The highest BCUT2D eigenvalue weighted by Gasteiger charge is 2.29. The quantitative estimate of drug-likeness (QED) is 0.464. The minimum atomic E-state index is -0.496. The maximum Gasteiger partial charge on any atom is 0.410 e. The Morgan fingerprint density at radius 2 is 1.52 bits per heavy atom. The van der Waals surface area contributed by atoms with Crippen LogP contribution in [-0.4, -0.2) is 55.9 Å². The van der Waals surface area contributed by atoms with Gasteiger partial charge < -0.3 is 19.3 Å². The van der Waals surface area contributed by atoms with E-state index in [1.54, 1.807) is 4.90 Å². The van der Waals surface area contributed by atoms with Crippen LogP contribution in [0.15, 0.2) is 0 Å². The van der Waals surface area contributed by atoms with Crippen molar-refractivity contribution < 1.29 is 19.1 Å². The van der Waals surface area contributed by atoms with Crippen LogP contribution in [0.5, 0.6) is 0 Å². The van der Waals surface area contributed by atoms with Crippen LogP contribution in [0.25, 0.3) is 0 Å². The number of hydrogen-bond acceptors (Lipinski definition) is 5. The molecule has 0 aliphatic carbocycles. The van der Waals surface area contributed by atoms with E-state index in [9.17, 15) is 9.59 Å². The lowest BCUT2D eigenvalue weighted by Gasteiger charge is -2.38. The molecule has 150 valence electrons. The molecule has 6 nitrogen and oxygen atoms in total. The van der Waals surface area contributed by atoms with E-state index in [0.29, 0.717) is 31.7 Å². The number of amides is 1. The van der Waals surface area contributed by atoms with E-state index in [-0.39, 0.29) is 12.1 Å². The molecule has 2 rings (SSSR count). The van der Waals surface area contributed by atoms with Gasteiger partial charge in [-0.1, -0.05) is 0 Å². The van der Waals surface area contributed by atoms with E-state index in [1.165, 1.54) is 7.11 Å². The molecule has 0 spiro atoms. The molecule has 1 heterocycles. The van der Waals surface area contributed by atoms with E-state index >= 15 is 0 Å². The van der Waals surface area contributed by atoms with Crippen molar-refractivity contribution in [3.63, 3.8) is 0 Å². The van der Waals surface area contributed by atoms with Crippen molar-refractivity contribution in [2.24, 2.45) is 0 Å². The lowest BCUT2D eigenvalue weighted by molar-refractivity contribution is 0.0240. The minimum Gasteiger partial charge on any atom is -0.465 e. The molecule has 0 atom stereocenters. The van der Waals surface area contributed by atoms with Gasteiger partial charge in [0.1, 0.15) is 5.60 Å². The van der Waals surface area contributed by atoms with Gasteiger partial charge in [0, 0.05) is 35.4 Å². The fourth-order valence-corrected chi connectivity index (χ4v) is 4.02. The second-order valence-corrected chi connectivity index (χ2v) is 8.94. The first kappa shape index (κ1) is 21.8. The Balaban J connectivity index is 2.27. The average Bonchev–Trinajstić information content (AvgIpc) is 2.59. The van der Waals surface area contributed by atoms with Gasteiger partial charge in [0.15, 0.2) is 0 Å². The van der Waals surface area contributed by atoms with Crippen molar-refractivity contribution in [1.82, 2.24) is 4.90 Å². The molecule has 1 fully saturated rings. The van der Waals surface area contributed by atoms with E-state index in [4.69, 9.17) is 9.47 Å². The van der Waals surface area contributed by atoms with Crippen LogP contribution in [0.2, 0.25) is 0 Å². The Morgan fingerprint density at radius 3 is 2.00 bits per heavy atom. The lowest BCUT2D eigenvalue weighted by atomic mass is 9.96. The standard InChI is InChI=1S/C20H29IN2O4/c1-12-15(18(24)26-7)13(2)17(14(3)16(12)21)22-8-10-23(11-9-22)19(25)27-20(4,5)6/h8-11H2,1-7H3. The molecular formula is C20H29IN2O4. The van der Waals surface area contributed by atoms with Crippen molar-refractivity contribution in [1.29, 1.82) is 0 Å². The number of benzene rings is 1. The number of methoxy groups -OCH3 is 1. The normalized spacial score (nSPS) is 15.0. The minimum absolute atomic E-state index is 0.274. The van der Waals surface area contributed by atoms with Crippen LogP contribution in [0.1, 0.15) is 47.8 Å². The highest BCUT2D eigenvalue weighted by atomic mass is 127. The summed E-state index contributed by atoms with van der Waals surface area (Å²) in [6.07, 6.45) is -0.274. The number of piperazine rings is 1. The first-order valence-electron chi connectivity index (χ1n) is 9.08. The Kier molecular flexibility index (Phi) is 6.65. The van der Waals surface area contributed by atoms with Crippen molar-refractivity contribution in [3.05, 3.63) is 25.8 Å². The summed E-state index contributed by atoms with van der Waals surface area (Å²) >= 11 is 2.29. The molecule has 0 radical (unpaired) electrons. The molecule has 1 aliphatic heterocycles. The first-order chi connectivity index (χ1) is 12.5. The number of anilines is 1. The zero-order valence-corrected chi connectivity index (χ0v) is 19.4. The molecule has 0 saturated carbocycles. The van der Waals surface area contributed by atoms with Gasteiger partial charge in [-0.25, -0.2) is 9.59 Å². The van der Waals surface area contributed by atoms with Gasteiger partial charge in [-0.2, -0.15) is 0 Å². The molecule has 1 saturated heterocycles. The average molecular weight is 488 g/mol. The molecule has 0 bridgehead atoms. The molecule has 1 aromatic rings. The zero-order valence-electron chi connectivity index (χ0n) is 17.2. The molecule has 0 aromatic heterocycles. The Hall–Kier alpha value is -1.51. The van der Waals surface area contributed by atoms with Crippen LogP contribution < -0.4 is 4.90 Å². The molecule has 0 N–H and O–H groups in total. The molecule has 1 aromatic carbocycles. The van der Waals surface area contributed by atoms with Crippen LogP contribution in [-0.2, 0) is 9.47 Å². The van der Waals surface area contributed by atoms with Crippen LogP contribution in [0, 0.1) is 24.3 Å². The van der Waals surface area contributed by atoms with E-state index < -0.39 is 5.60 Å². The summed E-state index contributed by atoms with van der Waals surface area (Å²) in [5, 5.41) is 0. The third-order valence-corrected chi connectivity index (χ3v) is 6.37. The first-order valence-corrected chi connectivity index (χ1v) is 10.2. The second kappa shape index (κ2) is 8.24. The maximum atomic E-state index is 12.3. The summed E-state index contributed by atoms with van der Waals surface area (Å²) in [7, 11) is 1.41. The number of carbonyl (C=O) groups excluding carboxylic acids is 2. The molecule has 27 heavy (non-hydrogen) atoms. The highest BCUT2D eigenvalue weighted by Crippen LogP contribution is 2.35. The number of nitrogens with zero attached hydrogens (tertiary/aromatic N) is 2. The van der Waals surface area contributed by atoms with Gasteiger partial charge >= 0.3 is 12.1 Å². The van der Waals surface area contributed by atoms with Gasteiger partial charge in [0.25, 0.3) is 0 Å². The summed E-state index contributed by atoms with van der Waals surface area (Å²) in [5.74, 6) is -0.309. The van der Waals surface area contributed by atoms with Crippen LogP contribution in [0.4, 0.5) is 10.5 Å². The molecule has 1 amide bonds. The third kappa shape index (κ3) is 4.67. The predicted octanol–water partition coefficient (Wildman–Crippen LogP) is 4.06. The smallest absolute Gasteiger partial charge is 0.410 e. The fraction of sp³-hybridized carbons (Fsp3) is 0.600. The summed E-state index contributed by atoms with van der Waals surface area (Å²) in [4.78, 5) is 28.6. The van der Waals surface area contributed by atoms with Gasteiger partial charge in [0.2, 0.25) is 0 Å². The highest BCUT2D eigenvalue weighted by molar-refractivity contribution is 14.1. The van der Waals surface area contributed by atoms with E-state index in [0.717, 1.165) is 25.9 Å². The summed E-state index contributed by atoms with van der Waals surface area (Å²) < 4.78 is 11.5. The van der Waals surface area contributed by atoms with Crippen molar-refractivity contribution in [2.75, 3.05) is 38.2 Å². The largest absolute Gasteiger partial charge is 0.465 e. The summed E-state index contributed by atoms with van der Waals surface area (Å²) in [5.41, 5.74) is 4.25. The monoisotopic (exact) mass is 488 g/mol. The maximum absolute atomic E-state index is 12.3. The van der Waals surface area contributed by atoms with Crippen molar-refractivity contribution >= 4 is 40.3 Å². The summed E-state index contributed by atoms with van der Waals surface area (Å²) in [6.45, 7) is 14.2. The van der Waals surface area contributed by atoms with E-state index in [1.807, 2.05) is 34.6 Å². The number of esters is 1. The van der Waals surface area contributed by atoms with Gasteiger partial charge in [-0.05, 0) is 80.8 Å². The molecular weight excluding hydrogens is 459 g/mol. The van der Waals surface area contributed by atoms with Crippen molar-refractivity contribution in [2.45, 2.75) is 47.1 Å². The Morgan fingerprint density at radius 1 is 0.963 bits per heavy atom. The van der Waals surface area contributed by atoms with Crippen molar-refractivity contribution in [3.8, 4) is 0 Å². The molecule has 1 aliphatic rings. The Labute approximate surface area is 175 Å². The summed E-state index contributed by atoms with van der Waals surface area (Å²) in [6, 6.07) is 0. The van der Waals surface area contributed by atoms with Crippen LogP contribution in [0.3, 0.4) is 0 Å². The Bertz CT molecular complexity index is 748. The number of halogens is 1. The second-order valence-electron chi connectivity index (χ2n) is 7.86. The zero-order chi connectivity index (χ0) is 20.5. The van der Waals surface area contributed by atoms with Gasteiger partial charge in [-0.15, -0.1) is 0 Å². The number of hydrogen-bond donors (Lipinski definition) is 0. The number of rotatable bonds is 2.